The van der Waals surface area contributed by atoms with Crippen LogP contribution in [0, 0.1) is 27.7 Å². The second-order valence-corrected chi connectivity index (χ2v) is 7.62. The Hall–Kier alpha value is -2.67. The number of ether oxygens (including phenoxy) is 1. The number of benzene rings is 2. The zero-order valence-corrected chi connectivity index (χ0v) is 16.8. The summed E-state index contributed by atoms with van der Waals surface area (Å²) in [5.41, 5.74) is 4.80. The number of alkyl halides is 2. The summed E-state index contributed by atoms with van der Waals surface area (Å²) >= 11 is 1.25. The van der Waals surface area contributed by atoms with Crippen LogP contribution in [0.3, 0.4) is 0 Å². The summed E-state index contributed by atoms with van der Waals surface area (Å²) in [6.07, 6.45) is 1.72. The first kappa shape index (κ1) is 20.1. The van der Waals surface area contributed by atoms with E-state index in [1.807, 2.05) is 32.0 Å². The maximum absolute atomic E-state index is 12.5. The lowest BCUT2D eigenvalue weighted by Gasteiger charge is -2.12. The van der Waals surface area contributed by atoms with Crippen LogP contribution in [0.1, 0.15) is 27.8 Å². The number of amidine groups is 1. The molecule has 2 aromatic carbocycles. The number of carbonyl (C=O) groups excluding carboxylic acids is 1. The van der Waals surface area contributed by atoms with Crippen LogP contribution in [0.15, 0.2) is 40.2 Å². The van der Waals surface area contributed by atoms with Crippen molar-refractivity contribution in [3.05, 3.63) is 63.1 Å². The third-order valence-corrected chi connectivity index (χ3v) is 5.20. The van der Waals surface area contributed by atoms with Crippen molar-refractivity contribution in [1.29, 1.82) is 0 Å². The van der Waals surface area contributed by atoms with Gasteiger partial charge in [-0.1, -0.05) is 18.2 Å². The first-order chi connectivity index (χ1) is 13.2. The van der Waals surface area contributed by atoms with Gasteiger partial charge in [-0.05, 0) is 85.5 Å². The van der Waals surface area contributed by atoms with Gasteiger partial charge in [-0.2, -0.15) is 8.78 Å². The quantitative estimate of drug-likeness (QED) is 0.696. The zero-order valence-electron chi connectivity index (χ0n) is 16.0. The van der Waals surface area contributed by atoms with Gasteiger partial charge in [-0.15, -0.1) is 0 Å². The number of halogens is 2. The maximum atomic E-state index is 12.5. The number of amides is 1. The number of nitrogens with zero attached hydrogens (tertiary/aromatic N) is 1. The van der Waals surface area contributed by atoms with Crippen LogP contribution in [0.5, 0.6) is 5.75 Å². The fourth-order valence-corrected chi connectivity index (χ4v) is 3.89. The number of para-hydroxylation sites is 1. The molecule has 1 aliphatic heterocycles. The van der Waals surface area contributed by atoms with Gasteiger partial charge in [0.1, 0.15) is 5.75 Å². The topological polar surface area (TPSA) is 50.7 Å². The summed E-state index contributed by atoms with van der Waals surface area (Å²) < 4.78 is 29.6. The number of aryl methyl sites for hydroxylation is 4. The Labute approximate surface area is 166 Å². The van der Waals surface area contributed by atoms with Gasteiger partial charge in [0.05, 0.1) is 10.6 Å². The van der Waals surface area contributed by atoms with Crippen molar-refractivity contribution in [1.82, 2.24) is 5.32 Å². The van der Waals surface area contributed by atoms with Crippen molar-refractivity contribution < 1.29 is 18.3 Å². The summed E-state index contributed by atoms with van der Waals surface area (Å²) in [5.74, 6) is -0.0730. The van der Waals surface area contributed by atoms with E-state index >= 15 is 0 Å². The van der Waals surface area contributed by atoms with E-state index in [0.29, 0.717) is 21.2 Å². The van der Waals surface area contributed by atoms with Gasteiger partial charge in [0.25, 0.3) is 5.91 Å². The Morgan fingerprint density at radius 3 is 2.25 bits per heavy atom. The summed E-state index contributed by atoms with van der Waals surface area (Å²) in [6, 6.07) is 9.34. The van der Waals surface area contributed by atoms with E-state index in [-0.39, 0.29) is 11.7 Å². The van der Waals surface area contributed by atoms with Crippen molar-refractivity contribution in [2.45, 2.75) is 34.3 Å². The average molecular weight is 402 g/mol. The van der Waals surface area contributed by atoms with E-state index in [1.54, 1.807) is 32.1 Å². The van der Waals surface area contributed by atoms with Gasteiger partial charge < -0.3 is 10.1 Å². The fraction of sp³-hybridized carbons (Fsp3) is 0.238. The van der Waals surface area contributed by atoms with Crippen LogP contribution < -0.4 is 10.1 Å². The molecule has 0 radical (unpaired) electrons. The Morgan fingerprint density at radius 2 is 1.68 bits per heavy atom. The van der Waals surface area contributed by atoms with E-state index in [2.05, 4.69) is 15.0 Å². The highest BCUT2D eigenvalue weighted by atomic mass is 32.2. The summed E-state index contributed by atoms with van der Waals surface area (Å²) in [6.45, 7) is 4.46. The van der Waals surface area contributed by atoms with Crippen molar-refractivity contribution in [2.75, 3.05) is 0 Å². The molecule has 1 saturated heterocycles. The zero-order chi connectivity index (χ0) is 20.4. The van der Waals surface area contributed by atoms with Gasteiger partial charge in [0, 0.05) is 0 Å². The SMILES string of the molecule is Cc1cccc(C)c1N=C1NC(=O)/C(=C\c2cc(C)c(OC(F)F)c(C)c2)S1. The van der Waals surface area contributed by atoms with E-state index in [1.165, 1.54) is 11.8 Å². The molecule has 1 N–H and O–H groups in total. The molecule has 0 aliphatic carbocycles. The summed E-state index contributed by atoms with van der Waals surface area (Å²) in [7, 11) is 0. The van der Waals surface area contributed by atoms with Crippen LogP contribution in [0.2, 0.25) is 0 Å². The Kier molecular flexibility index (Phi) is 5.84. The van der Waals surface area contributed by atoms with E-state index < -0.39 is 6.61 Å². The highest BCUT2D eigenvalue weighted by Gasteiger charge is 2.24. The predicted molar refractivity (Wildman–Crippen MR) is 109 cm³/mol. The lowest BCUT2D eigenvalue weighted by molar-refractivity contribution is -0.115. The molecule has 4 nitrogen and oxygen atoms in total. The van der Waals surface area contributed by atoms with Gasteiger partial charge in [0.15, 0.2) is 5.17 Å². The van der Waals surface area contributed by atoms with Crippen LogP contribution in [0.4, 0.5) is 14.5 Å². The minimum atomic E-state index is -2.87. The Morgan fingerprint density at radius 1 is 1.07 bits per heavy atom. The molecule has 28 heavy (non-hydrogen) atoms. The molecule has 0 unspecified atom stereocenters. The van der Waals surface area contributed by atoms with Gasteiger partial charge in [0.2, 0.25) is 0 Å². The molecule has 0 spiro atoms. The van der Waals surface area contributed by atoms with Crippen molar-refractivity contribution in [3.8, 4) is 5.75 Å². The molecule has 0 aromatic heterocycles. The molecule has 0 bridgehead atoms. The highest BCUT2D eigenvalue weighted by molar-refractivity contribution is 8.18. The number of aliphatic imine (C=N–C) groups is 1. The van der Waals surface area contributed by atoms with E-state index in [4.69, 9.17) is 0 Å². The Bertz CT molecular complexity index is 957. The van der Waals surface area contributed by atoms with Crippen molar-refractivity contribution in [3.63, 3.8) is 0 Å². The molecule has 0 saturated carbocycles. The highest BCUT2D eigenvalue weighted by Crippen LogP contribution is 2.32. The molecule has 1 fully saturated rings. The largest absolute Gasteiger partial charge is 0.434 e. The van der Waals surface area contributed by atoms with Gasteiger partial charge >= 0.3 is 6.61 Å². The van der Waals surface area contributed by atoms with Crippen LogP contribution in [0.25, 0.3) is 6.08 Å². The molecule has 1 aliphatic rings. The first-order valence-corrected chi connectivity index (χ1v) is 9.48. The van der Waals surface area contributed by atoms with Crippen molar-refractivity contribution in [2.24, 2.45) is 4.99 Å². The third-order valence-electron chi connectivity index (χ3n) is 4.29. The van der Waals surface area contributed by atoms with E-state index in [0.717, 1.165) is 22.4 Å². The summed E-state index contributed by atoms with van der Waals surface area (Å²) in [4.78, 5) is 17.4. The molecule has 3 rings (SSSR count). The molecule has 2 aromatic rings. The monoisotopic (exact) mass is 402 g/mol. The molecule has 1 amide bonds. The first-order valence-electron chi connectivity index (χ1n) is 8.66. The lowest BCUT2D eigenvalue weighted by Crippen LogP contribution is -2.19. The molecule has 7 heteroatoms. The van der Waals surface area contributed by atoms with Crippen LogP contribution in [-0.2, 0) is 4.79 Å². The molecule has 0 atom stereocenters. The van der Waals surface area contributed by atoms with Gasteiger partial charge in [-0.25, -0.2) is 4.99 Å². The number of hydrogen-bond acceptors (Lipinski definition) is 4. The predicted octanol–water partition coefficient (Wildman–Crippen LogP) is 5.41. The standard InChI is InChI=1S/C21H20F2N2O2S/c1-11-6-5-7-12(2)17(11)24-21-25-19(26)16(28-21)10-15-8-13(3)18(14(4)9-15)27-20(22)23/h5-10,20H,1-4H3,(H,24,25,26)/b16-10+. The van der Waals surface area contributed by atoms with Crippen LogP contribution in [-0.4, -0.2) is 17.7 Å². The molecule has 146 valence electrons. The van der Waals surface area contributed by atoms with Gasteiger partial charge in [-0.3, -0.25) is 4.79 Å². The number of rotatable bonds is 4. The Balaban J connectivity index is 1.88. The second-order valence-electron chi connectivity index (χ2n) is 6.58. The smallest absolute Gasteiger partial charge is 0.387 e. The molecular weight excluding hydrogens is 382 g/mol. The number of hydrogen-bond donors (Lipinski definition) is 1. The molecule has 1 heterocycles. The molecular formula is C21H20F2N2O2S. The van der Waals surface area contributed by atoms with Crippen molar-refractivity contribution >= 4 is 34.6 Å². The minimum absolute atomic E-state index is 0.165. The van der Waals surface area contributed by atoms with E-state index in [9.17, 15) is 13.6 Å². The fourth-order valence-electron chi connectivity index (χ4n) is 3.06. The normalized spacial score (nSPS) is 16.9. The number of nitrogens with one attached hydrogen (secondary N) is 1. The third kappa shape index (κ3) is 4.42. The summed E-state index contributed by atoms with van der Waals surface area (Å²) in [5, 5.41) is 3.29. The lowest BCUT2D eigenvalue weighted by atomic mass is 10.1. The maximum Gasteiger partial charge on any atom is 0.387 e. The second kappa shape index (κ2) is 8.14. The number of carbonyl (C=O) groups is 1. The van der Waals surface area contributed by atoms with Crippen LogP contribution >= 0.6 is 11.8 Å². The number of thioether (sulfide) groups is 1. The minimum Gasteiger partial charge on any atom is -0.434 e. The average Bonchev–Trinajstić information content (AvgIpc) is 2.94.